The highest BCUT2D eigenvalue weighted by atomic mass is 35.5. The highest BCUT2D eigenvalue weighted by Gasteiger charge is 2.49. The van der Waals surface area contributed by atoms with Crippen LogP contribution in [-0.4, -0.2) is 37.1 Å². The molecule has 2 aliphatic rings. The average Bonchev–Trinajstić information content (AvgIpc) is 2.91. The van der Waals surface area contributed by atoms with Gasteiger partial charge in [0.05, 0.1) is 13.0 Å². The molecule has 2 heterocycles. The molecule has 142 valence electrons. The summed E-state index contributed by atoms with van der Waals surface area (Å²) in [6, 6.07) is 15.8. The molecular weight excluding hydrogens is 362 g/mol. The standard InChI is InChI=1S/C22H24ClNO3/c1-24-16-7-12-20(24)21(19(13-16)14-3-5-15(23)6-4-14)22(25)27-18-10-8-17(26-2)9-11-18/h3-6,8-11,16,19-21H,7,12-13H2,1-2H3. The van der Waals surface area contributed by atoms with E-state index >= 15 is 0 Å². The van der Waals surface area contributed by atoms with Crippen LogP contribution in [0.2, 0.25) is 5.02 Å². The minimum Gasteiger partial charge on any atom is -0.497 e. The summed E-state index contributed by atoms with van der Waals surface area (Å²) < 4.78 is 11.0. The van der Waals surface area contributed by atoms with Gasteiger partial charge in [0.25, 0.3) is 0 Å². The maximum atomic E-state index is 13.2. The smallest absolute Gasteiger partial charge is 0.316 e. The first kappa shape index (κ1) is 18.3. The van der Waals surface area contributed by atoms with Crippen molar-refractivity contribution >= 4 is 17.6 Å². The van der Waals surface area contributed by atoms with Crippen LogP contribution in [0.3, 0.4) is 0 Å². The SMILES string of the molecule is COc1ccc(OC(=O)C2C(c3ccc(Cl)cc3)CC3CCC2N3C)cc1. The molecule has 4 atom stereocenters. The lowest BCUT2D eigenvalue weighted by atomic mass is 9.76. The normalized spacial score (nSPS) is 27.4. The fourth-order valence-corrected chi connectivity index (χ4v) is 4.79. The molecule has 2 bridgehead atoms. The molecule has 0 N–H and O–H groups in total. The first-order valence-electron chi connectivity index (χ1n) is 9.40. The van der Waals surface area contributed by atoms with E-state index in [4.69, 9.17) is 21.1 Å². The lowest BCUT2D eigenvalue weighted by Crippen LogP contribution is -2.49. The summed E-state index contributed by atoms with van der Waals surface area (Å²) in [4.78, 5) is 15.6. The van der Waals surface area contributed by atoms with Gasteiger partial charge in [0.15, 0.2) is 0 Å². The molecule has 2 aromatic rings. The summed E-state index contributed by atoms with van der Waals surface area (Å²) in [5.41, 5.74) is 1.17. The lowest BCUT2D eigenvalue weighted by Gasteiger charge is -2.41. The largest absolute Gasteiger partial charge is 0.497 e. The number of hydrogen-bond donors (Lipinski definition) is 0. The molecule has 27 heavy (non-hydrogen) atoms. The lowest BCUT2D eigenvalue weighted by molar-refractivity contribution is -0.143. The van der Waals surface area contributed by atoms with Gasteiger partial charge in [-0.3, -0.25) is 9.69 Å². The average molecular weight is 386 g/mol. The first-order valence-corrected chi connectivity index (χ1v) is 9.78. The van der Waals surface area contributed by atoms with E-state index in [2.05, 4.69) is 11.9 Å². The predicted molar refractivity (Wildman–Crippen MR) is 106 cm³/mol. The number of rotatable bonds is 4. The highest BCUT2D eigenvalue weighted by Crippen LogP contribution is 2.46. The molecule has 2 saturated heterocycles. The van der Waals surface area contributed by atoms with Crippen molar-refractivity contribution in [3.05, 3.63) is 59.1 Å². The van der Waals surface area contributed by atoms with Crippen LogP contribution in [-0.2, 0) is 4.79 Å². The van der Waals surface area contributed by atoms with Crippen molar-refractivity contribution in [1.29, 1.82) is 0 Å². The zero-order valence-electron chi connectivity index (χ0n) is 15.6. The Bertz CT molecular complexity index is 805. The van der Waals surface area contributed by atoms with Gasteiger partial charge in [0, 0.05) is 23.0 Å². The topological polar surface area (TPSA) is 38.8 Å². The summed E-state index contributed by atoms with van der Waals surface area (Å²) in [5, 5.41) is 0.715. The maximum absolute atomic E-state index is 13.2. The predicted octanol–water partition coefficient (Wildman–Crippen LogP) is 4.52. The molecule has 0 saturated carbocycles. The third-order valence-corrected chi connectivity index (χ3v) is 6.37. The Morgan fingerprint density at radius 3 is 2.37 bits per heavy atom. The summed E-state index contributed by atoms with van der Waals surface area (Å²) in [6.45, 7) is 0. The third-order valence-electron chi connectivity index (χ3n) is 6.12. The maximum Gasteiger partial charge on any atom is 0.316 e. The van der Waals surface area contributed by atoms with Crippen LogP contribution < -0.4 is 9.47 Å². The van der Waals surface area contributed by atoms with Crippen molar-refractivity contribution in [3.63, 3.8) is 0 Å². The zero-order chi connectivity index (χ0) is 19.0. The Hall–Kier alpha value is -2.04. The van der Waals surface area contributed by atoms with Crippen molar-refractivity contribution in [3.8, 4) is 11.5 Å². The number of hydrogen-bond acceptors (Lipinski definition) is 4. The molecule has 4 unspecified atom stereocenters. The van der Waals surface area contributed by atoms with E-state index < -0.39 is 0 Å². The van der Waals surface area contributed by atoms with Crippen molar-refractivity contribution in [1.82, 2.24) is 4.90 Å². The van der Waals surface area contributed by atoms with Gasteiger partial charge >= 0.3 is 5.97 Å². The third kappa shape index (κ3) is 3.56. The number of ether oxygens (including phenoxy) is 2. The zero-order valence-corrected chi connectivity index (χ0v) is 16.4. The van der Waals surface area contributed by atoms with Gasteiger partial charge in [0.2, 0.25) is 0 Å². The van der Waals surface area contributed by atoms with E-state index in [1.807, 2.05) is 24.3 Å². The minimum atomic E-state index is -0.183. The van der Waals surface area contributed by atoms with Crippen molar-refractivity contribution in [2.45, 2.75) is 37.3 Å². The second kappa shape index (κ2) is 7.53. The van der Waals surface area contributed by atoms with E-state index in [1.165, 1.54) is 5.56 Å². The molecule has 4 rings (SSSR count). The fraction of sp³-hybridized carbons (Fsp3) is 0.409. The van der Waals surface area contributed by atoms with Crippen molar-refractivity contribution < 1.29 is 14.3 Å². The molecule has 5 heteroatoms. The van der Waals surface area contributed by atoms with Crippen LogP contribution in [0.15, 0.2) is 48.5 Å². The van der Waals surface area contributed by atoms with Gasteiger partial charge in [-0.2, -0.15) is 0 Å². The first-order chi connectivity index (χ1) is 13.1. The van der Waals surface area contributed by atoms with Crippen LogP contribution in [0, 0.1) is 5.92 Å². The Labute approximate surface area is 165 Å². The Balaban J connectivity index is 1.60. The van der Waals surface area contributed by atoms with E-state index in [9.17, 15) is 4.79 Å². The van der Waals surface area contributed by atoms with Crippen molar-refractivity contribution in [2.24, 2.45) is 5.92 Å². The number of fused-ring (bicyclic) bond motifs is 2. The van der Waals surface area contributed by atoms with Crippen LogP contribution in [0.25, 0.3) is 0 Å². The molecule has 2 fully saturated rings. The number of piperidine rings is 1. The molecule has 0 radical (unpaired) electrons. The fourth-order valence-electron chi connectivity index (χ4n) is 4.67. The summed E-state index contributed by atoms with van der Waals surface area (Å²) >= 11 is 6.06. The highest BCUT2D eigenvalue weighted by molar-refractivity contribution is 6.30. The van der Waals surface area contributed by atoms with Gasteiger partial charge in [-0.1, -0.05) is 23.7 Å². The van der Waals surface area contributed by atoms with Gasteiger partial charge < -0.3 is 9.47 Å². The number of carbonyl (C=O) groups is 1. The van der Waals surface area contributed by atoms with E-state index in [1.54, 1.807) is 31.4 Å². The number of methoxy groups -OCH3 is 1. The molecule has 0 spiro atoms. The molecule has 0 aliphatic carbocycles. The van der Waals surface area contributed by atoms with Gasteiger partial charge in [-0.05, 0) is 68.3 Å². The molecule has 0 aromatic heterocycles. The second-order valence-corrected chi connectivity index (χ2v) is 7.92. The number of halogens is 1. The van der Waals surface area contributed by atoms with Crippen LogP contribution in [0.1, 0.15) is 30.7 Å². The quantitative estimate of drug-likeness (QED) is 0.573. The number of benzene rings is 2. The summed E-state index contributed by atoms with van der Waals surface area (Å²) in [7, 11) is 3.75. The molecule has 2 aliphatic heterocycles. The Kier molecular flexibility index (Phi) is 5.11. The molecule has 2 aromatic carbocycles. The monoisotopic (exact) mass is 385 g/mol. The Morgan fingerprint density at radius 1 is 1.04 bits per heavy atom. The van der Waals surface area contributed by atoms with Gasteiger partial charge in [0.1, 0.15) is 11.5 Å². The Morgan fingerprint density at radius 2 is 1.70 bits per heavy atom. The number of nitrogens with zero attached hydrogens (tertiary/aromatic N) is 1. The van der Waals surface area contributed by atoms with Crippen LogP contribution in [0.4, 0.5) is 0 Å². The molecular formula is C22H24ClNO3. The summed E-state index contributed by atoms with van der Waals surface area (Å²) in [5.74, 6) is 1.11. The van der Waals surface area contributed by atoms with E-state index in [0.29, 0.717) is 16.8 Å². The van der Waals surface area contributed by atoms with E-state index in [-0.39, 0.29) is 23.8 Å². The van der Waals surface area contributed by atoms with Crippen LogP contribution >= 0.6 is 11.6 Å². The minimum absolute atomic E-state index is 0.154. The van der Waals surface area contributed by atoms with E-state index in [0.717, 1.165) is 25.0 Å². The number of esters is 1. The molecule has 0 amide bonds. The van der Waals surface area contributed by atoms with Gasteiger partial charge in [-0.25, -0.2) is 0 Å². The summed E-state index contributed by atoms with van der Waals surface area (Å²) in [6.07, 6.45) is 3.14. The van der Waals surface area contributed by atoms with Crippen molar-refractivity contribution in [2.75, 3.05) is 14.2 Å². The van der Waals surface area contributed by atoms with Gasteiger partial charge in [-0.15, -0.1) is 0 Å². The number of carbonyl (C=O) groups excluding carboxylic acids is 1. The molecule has 4 nitrogen and oxygen atoms in total. The van der Waals surface area contributed by atoms with Crippen LogP contribution in [0.5, 0.6) is 11.5 Å². The second-order valence-electron chi connectivity index (χ2n) is 7.48.